The van der Waals surface area contributed by atoms with E-state index in [4.69, 9.17) is 14.2 Å². The summed E-state index contributed by atoms with van der Waals surface area (Å²) in [6.07, 6.45) is 3.99. The third kappa shape index (κ3) is 4.57. The molecule has 0 bridgehead atoms. The van der Waals surface area contributed by atoms with E-state index in [0.29, 0.717) is 17.2 Å². The molecule has 1 fully saturated rings. The molecule has 1 unspecified atom stereocenters. The van der Waals surface area contributed by atoms with E-state index in [9.17, 15) is 14.7 Å². The Morgan fingerprint density at radius 2 is 1.69 bits per heavy atom. The summed E-state index contributed by atoms with van der Waals surface area (Å²) in [5, 5.41) is 14.9. The zero-order valence-electron chi connectivity index (χ0n) is 15.3. The van der Waals surface area contributed by atoms with E-state index in [1.807, 2.05) is 0 Å². The lowest BCUT2D eigenvalue weighted by Gasteiger charge is -2.20. The van der Waals surface area contributed by atoms with Crippen molar-refractivity contribution in [3.8, 4) is 17.2 Å². The van der Waals surface area contributed by atoms with Gasteiger partial charge >= 0.3 is 0 Å². The number of carbonyl (C=O) groups excluding carboxylic acids is 2. The molecule has 144 valence electrons. The first-order valence-electron chi connectivity index (χ1n) is 8.56. The van der Waals surface area contributed by atoms with Gasteiger partial charge in [0.25, 0.3) is 5.91 Å². The van der Waals surface area contributed by atoms with Gasteiger partial charge in [-0.05, 0) is 25.0 Å². The second-order valence-corrected chi connectivity index (χ2v) is 6.11. The molecule has 1 aliphatic rings. The summed E-state index contributed by atoms with van der Waals surface area (Å²) in [6, 6.07) is 2.05. The largest absolute Gasteiger partial charge is 0.493 e. The van der Waals surface area contributed by atoms with Crippen molar-refractivity contribution < 1.29 is 28.9 Å². The minimum Gasteiger partial charge on any atom is -0.493 e. The van der Waals surface area contributed by atoms with Gasteiger partial charge in [0.05, 0.1) is 27.9 Å². The van der Waals surface area contributed by atoms with Crippen molar-refractivity contribution in [2.24, 2.45) is 0 Å². The molecule has 1 aliphatic carbocycles. The van der Waals surface area contributed by atoms with Crippen LogP contribution in [0.25, 0.3) is 0 Å². The average Bonchev–Trinajstić information content (AvgIpc) is 3.17. The van der Waals surface area contributed by atoms with Crippen molar-refractivity contribution in [3.05, 3.63) is 17.7 Å². The van der Waals surface area contributed by atoms with E-state index in [-0.39, 0.29) is 17.5 Å². The van der Waals surface area contributed by atoms with Crippen LogP contribution in [0.4, 0.5) is 0 Å². The number of hydrogen-bond acceptors (Lipinski definition) is 6. The van der Waals surface area contributed by atoms with Crippen molar-refractivity contribution in [2.75, 3.05) is 27.9 Å². The molecule has 3 N–H and O–H groups in total. The van der Waals surface area contributed by atoms with Crippen LogP contribution in [-0.4, -0.2) is 56.9 Å². The first-order valence-corrected chi connectivity index (χ1v) is 8.56. The highest BCUT2D eigenvalue weighted by molar-refractivity contribution is 5.98. The summed E-state index contributed by atoms with van der Waals surface area (Å²) in [6.45, 7) is -0.491. The molecule has 0 heterocycles. The maximum Gasteiger partial charge on any atom is 0.252 e. The zero-order chi connectivity index (χ0) is 19.1. The molecule has 1 aromatic carbocycles. The molecular formula is C18H26N2O6. The van der Waals surface area contributed by atoms with Crippen molar-refractivity contribution in [1.29, 1.82) is 0 Å². The fourth-order valence-electron chi connectivity index (χ4n) is 3.02. The molecule has 1 saturated carbocycles. The number of rotatable bonds is 8. The Morgan fingerprint density at radius 3 is 2.15 bits per heavy atom. The van der Waals surface area contributed by atoms with Gasteiger partial charge in [0, 0.05) is 11.6 Å². The minimum atomic E-state index is -1.03. The summed E-state index contributed by atoms with van der Waals surface area (Å²) in [7, 11) is 4.37. The number of carbonyl (C=O) groups is 2. The van der Waals surface area contributed by atoms with E-state index in [2.05, 4.69) is 10.6 Å². The van der Waals surface area contributed by atoms with Gasteiger partial charge < -0.3 is 30.0 Å². The third-order valence-electron chi connectivity index (χ3n) is 4.43. The van der Waals surface area contributed by atoms with Gasteiger partial charge in [-0.15, -0.1) is 0 Å². The molecule has 8 heteroatoms. The monoisotopic (exact) mass is 366 g/mol. The topological polar surface area (TPSA) is 106 Å². The third-order valence-corrected chi connectivity index (χ3v) is 4.43. The summed E-state index contributed by atoms with van der Waals surface area (Å²) in [4.78, 5) is 24.8. The number of nitrogens with one attached hydrogen (secondary N) is 2. The van der Waals surface area contributed by atoms with Crippen LogP contribution in [0.15, 0.2) is 12.1 Å². The first-order chi connectivity index (χ1) is 12.5. The van der Waals surface area contributed by atoms with E-state index in [1.54, 1.807) is 0 Å². The van der Waals surface area contributed by atoms with Gasteiger partial charge in [0.2, 0.25) is 11.7 Å². The van der Waals surface area contributed by atoms with E-state index >= 15 is 0 Å². The van der Waals surface area contributed by atoms with Crippen molar-refractivity contribution in [3.63, 3.8) is 0 Å². The normalized spacial score (nSPS) is 15.2. The molecule has 1 aromatic rings. The van der Waals surface area contributed by atoms with Crippen molar-refractivity contribution in [1.82, 2.24) is 10.6 Å². The van der Waals surface area contributed by atoms with Gasteiger partial charge in [-0.1, -0.05) is 12.8 Å². The Hall–Kier alpha value is -2.48. The molecule has 0 saturated heterocycles. The first kappa shape index (κ1) is 19.8. The standard InChI is InChI=1S/C18H26N2O6/c1-24-14-8-11(9-15(25-2)16(14)26-3)17(22)20-13(10-21)18(23)19-12-6-4-5-7-12/h8-9,12-13,21H,4-7,10H2,1-3H3,(H,19,23)(H,20,22). The lowest BCUT2D eigenvalue weighted by molar-refractivity contribution is -0.124. The maximum atomic E-state index is 12.5. The van der Waals surface area contributed by atoms with Crippen LogP contribution in [-0.2, 0) is 4.79 Å². The Kier molecular flexibility index (Phi) is 7.08. The lowest BCUT2D eigenvalue weighted by atomic mass is 10.1. The Balaban J connectivity index is 2.12. The second-order valence-electron chi connectivity index (χ2n) is 6.11. The number of aliphatic hydroxyl groups is 1. The number of benzene rings is 1. The molecule has 1 atom stereocenters. The van der Waals surface area contributed by atoms with E-state index in [0.717, 1.165) is 25.7 Å². The molecule has 0 aliphatic heterocycles. The zero-order valence-corrected chi connectivity index (χ0v) is 15.3. The molecule has 2 rings (SSSR count). The smallest absolute Gasteiger partial charge is 0.252 e. The van der Waals surface area contributed by atoms with Crippen LogP contribution in [0.3, 0.4) is 0 Å². The number of aliphatic hydroxyl groups excluding tert-OH is 1. The highest BCUT2D eigenvalue weighted by atomic mass is 16.5. The minimum absolute atomic E-state index is 0.106. The Morgan fingerprint density at radius 1 is 1.12 bits per heavy atom. The van der Waals surface area contributed by atoms with Crippen LogP contribution < -0.4 is 24.8 Å². The van der Waals surface area contributed by atoms with Gasteiger partial charge in [0.1, 0.15) is 6.04 Å². The van der Waals surface area contributed by atoms with Gasteiger partial charge in [-0.25, -0.2) is 0 Å². The average molecular weight is 366 g/mol. The molecule has 2 amide bonds. The van der Waals surface area contributed by atoms with Gasteiger partial charge in [-0.2, -0.15) is 0 Å². The summed E-state index contributed by atoms with van der Waals surface area (Å²) < 4.78 is 15.7. The molecule has 8 nitrogen and oxygen atoms in total. The molecular weight excluding hydrogens is 340 g/mol. The van der Waals surface area contributed by atoms with E-state index < -0.39 is 18.6 Å². The predicted octanol–water partition coefficient (Wildman–Crippen LogP) is 0.862. The fraction of sp³-hybridized carbons (Fsp3) is 0.556. The van der Waals surface area contributed by atoms with Crippen LogP contribution in [0, 0.1) is 0 Å². The molecule has 0 spiro atoms. The fourth-order valence-corrected chi connectivity index (χ4v) is 3.02. The maximum absolute atomic E-state index is 12.5. The van der Waals surface area contributed by atoms with E-state index in [1.165, 1.54) is 33.5 Å². The van der Waals surface area contributed by atoms with Gasteiger partial charge in [-0.3, -0.25) is 9.59 Å². The SMILES string of the molecule is COc1cc(C(=O)NC(CO)C(=O)NC2CCCC2)cc(OC)c1OC. The number of ether oxygens (including phenoxy) is 3. The van der Waals surface area contributed by atoms with Crippen LogP contribution >= 0.6 is 0 Å². The summed E-state index contributed by atoms with van der Waals surface area (Å²) in [5.74, 6) is 0.107. The molecule has 0 aromatic heterocycles. The van der Waals surface area contributed by atoms with Crippen molar-refractivity contribution >= 4 is 11.8 Å². The second kappa shape index (κ2) is 9.28. The van der Waals surface area contributed by atoms with Crippen molar-refractivity contribution in [2.45, 2.75) is 37.8 Å². The number of hydrogen-bond donors (Lipinski definition) is 3. The van der Waals surface area contributed by atoms with Crippen LogP contribution in [0.2, 0.25) is 0 Å². The van der Waals surface area contributed by atoms with Crippen LogP contribution in [0.5, 0.6) is 17.2 Å². The quantitative estimate of drug-likeness (QED) is 0.630. The summed E-state index contributed by atoms with van der Waals surface area (Å²) >= 11 is 0. The number of methoxy groups -OCH3 is 3. The van der Waals surface area contributed by atoms with Gasteiger partial charge in [0.15, 0.2) is 11.5 Å². The summed E-state index contributed by atoms with van der Waals surface area (Å²) in [5.41, 5.74) is 0.228. The molecule has 0 radical (unpaired) electrons. The van der Waals surface area contributed by atoms with Crippen LogP contribution in [0.1, 0.15) is 36.0 Å². The highest BCUT2D eigenvalue weighted by Gasteiger charge is 2.25. The predicted molar refractivity (Wildman–Crippen MR) is 94.8 cm³/mol. The Labute approximate surface area is 152 Å². The Bertz CT molecular complexity index is 618. The number of amides is 2. The lowest BCUT2D eigenvalue weighted by Crippen LogP contribution is -2.51. The highest BCUT2D eigenvalue weighted by Crippen LogP contribution is 2.38. The molecule has 26 heavy (non-hydrogen) atoms.